The maximum Gasteiger partial charge on any atom is 0.226 e. The molecule has 1 saturated carbocycles. The third-order valence-electron chi connectivity index (χ3n) is 5.36. The molecule has 2 fully saturated rings. The molecule has 2 aliphatic rings. The Labute approximate surface area is 123 Å². The molecule has 4 heteroatoms. The molecule has 0 aromatic carbocycles. The summed E-state index contributed by atoms with van der Waals surface area (Å²) in [7, 11) is 0. The van der Waals surface area contributed by atoms with E-state index >= 15 is 0 Å². The Morgan fingerprint density at radius 2 is 1.65 bits per heavy atom. The zero-order valence-electron chi connectivity index (χ0n) is 13.5. The molecule has 2 N–H and O–H groups in total. The summed E-state index contributed by atoms with van der Waals surface area (Å²) in [5.41, 5.74) is 6.18. The van der Waals surface area contributed by atoms with Crippen LogP contribution in [0.3, 0.4) is 0 Å². The molecule has 0 bridgehead atoms. The van der Waals surface area contributed by atoms with Gasteiger partial charge in [-0.2, -0.15) is 0 Å². The topological polar surface area (TPSA) is 49.6 Å². The van der Waals surface area contributed by atoms with E-state index in [9.17, 15) is 4.79 Å². The van der Waals surface area contributed by atoms with Crippen molar-refractivity contribution in [3.8, 4) is 0 Å². The van der Waals surface area contributed by atoms with E-state index in [-0.39, 0.29) is 12.0 Å². The Balaban J connectivity index is 1.92. The van der Waals surface area contributed by atoms with Crippen molar-refractivity contribution in [2.24, 2.45) is 23.5 Å². The van der Waals surface area contributed by atoms with Gasteiger partial charge in [-0.15, -0.1) is 0 Å². The van der Waals surface area contributed by atoms with Crippen LogP contribution in [0.4, 0.5) is 0 Å². The molecule has 4 atom stereocenters. The van der Waals surface area contributed by atoms with E-state index in [1.54, 1.807) is 0 Å². The first-order chi connectivity index (χ1) is 9.40. The molecule has 4 nitrogen and oxygen atoms in total. The normalized spacial score (nSPS) is 36.4. The molecule has 0 spiro atoms. The van der Waals surface area contributed by atoms with Gasteiger partial charge in [0.25, 0.3) is 0 Å². The fourth-order valence-electron chi connectivity index (χ4n) is 3.72. The van der Waals surface area contributed by atoms with Crippen LogP contribution in [-0.2, 0) is 4.79 Å². The second-order valence-corrected chi connectivity index (χ2v) is 7.15. The van der Waals surface area contributed by atoms with Gasteiger partial charge in [0.1, 0.15) is 0 Å². The zero-order valence-corrected chi connectivity index (χ0v) is 13.5. The Kier molecular flexibility index (Phi) is 5.08. The first-order valence-electron chi connectivity index (χ1n) is 8.18. The van der Waals surface area contributed by atoms with Gasteiger partial charge in [-0.25, -0.2) is 0 Å². The molecule has 1 amide bonds. The largest absolute Gasteiger partial charge is 0.340 e. The van der Waals surface area contributed by atoms with Crippen molar-refractivity contribution in [3.05, 3.63) is 0 Å². The van der Waals surface area contributed by atoms with Gasteiger partial charge >= 0.3 is 0 Å². The number of amides is 1. The highest BCUT2D eigenvalue weighted by molar-refractivity contribution is 5.79. The average Bonchev–Trinajstić information content (AvgIpc) is 2.42. The minimum absolute atomic E-state index is 0.145. The third-order valence-corrected chi connectivity index (χ3v) is 5.36. The monoisotopic (exact) mass is 281 g/mol. The Morgan fingerprint density at radius 1 is 1.05 bits per heavy atom. The summed E-state index contributed by atoms with van der Waals surface area (Å²) in [6.45, 7) is 12.6. The number of piperazine rings is 1. The first kappa shape index (κ1) is 15.8. The number of nitrogens with zero attached hydrogens (tertiary/aromatic N) is 2. The number of carbonyl (C=O) groups excluding carboxylic acids is 1. The Morgan fingerprint density at radius 3 is 2.20 bits per heavy atom. The highest BCUT2D eigenvalue weighted by atomic mass is 16.2. The molecule has 2 rings (SSSR count). The van der Waals surface area contributed by atoms with Gasteiger partial charge in [-0.05, 0) is 38.5 Å². The summed E-state index contributed by atoms with van der Waals surface area (Å²) in [4.78, 5) is 17.3. The molecule has 0 aromatic heterocycles. The van der Waals surface area contributed by atoms with E-state index in [0.29, 0.717) is 23.8 Å². The molecule has 1 aliphatic carbocycles. The summed E-state index contributed by atoms with van der Waals surface area (Å²) in [6, 6.07) is 0.771. The predicted molar refractivity (Wildman–Crippen MR) is 82.3 cm³/mol. The van der Waals surface area contributed by atoms with Gasteiger partial charge in [0, 0.05) is 44.2 Å². The molecular formula is C16H31N3O. The van der Waals surface area contributed by atoms with Gasteiger partial charge < -0.3 is 10.6 Å². The SMILES string of the molecule is CC1CC(C)C(C(=O)N2CCN(C(C)C)CC2)CC1N. The second kappa shape index (κ2) is 6.44. The van der Waals surface area contributed by atoms with Crippen LogP contribution >= 0.6 is 0 Å². The fraction of sp³-hybridized carbons (Fsp3) is 0.938. The number of rotatable bonds is 2. The van der Waals surface area contributed by atoms with Crippen LogP contribution in [0.15, 0.2) is 0 Å². The lowest BCUT2D eigenvalue weighted by atomic mass is 9.72. The average molecular weight is 281 g/mol. The van der Waals surface area contributed by atoms with Crippen LogP contribution in [0, 0.1) is 17.8 Å². The lowest BCUT2D eigenvalue weighted by molar-refractivity contribution is -0.141. The summed E-state index contributed by atoms with van der Waals surface area (Å²) in [6.07, 6.45) is 1.95. The molecule has 1 aliphatic heterocycles. The van der Waals surface area contributed by atoms with Crippen LogP contribution in [0.2, 0.25) is 0 Å². The van der Waals surface area contributed by atoms with Gasteiger partial charge in [-0.1, -0.05) is 13.8 Å². The number of carbonyl (C=O) groups is 1. The van der Waals surface area contributed by atoms with E-state index in [4.69, 9.17) is 5.73 Å². The molecule has 0 radical (unpaired) electrons. The number of hydrogen-bond acceptors (Lipinski definition) is 3. The molecular weight excluding hydrogens is 250 g/mol. The Bertz CT molecular complexity index is 337. The minimum Gasteiger partial charge on any atom is -0.340 e. The lowest BCUT2D eigenvalue weighted by Gasteiger charge is -2.42. The highest BCUT2D eigenvalue weighted by Gasteiger charge is 2.37. The van der Waals surface area contributed by atoms with Crippen molar-refractivity contribution in [2.75, 3.05) is 26.2 Å². The van der Waals surface area contributed by atoms with Crippen LogP contribution in [-0.4, -0.2) is 54.0 Å². The molecule has 1 heterocycles. The molecule has 0 aromatic rings. The van der Waals surface area contributed by atoms with Crippen LogP contribution in [0.1, 0.15) is 40.5 Å². The van der Waals surface area contributed by atoms with Gasteiger partial charge in [0.05, 0.1) is 0 Å². The predicted octanol–water partition coefficient (Wildman–Crippen LogP) is 1.55. The number of hydrogen-bond donors (Lipinski definition) is 1. The summed E-state index contributed by atoms with van der Waals surface area (Å²) >= 11 is 0. The third kappa shape index (κ3) is 3.34. The van der Waals surface area contributed by atoms with Crippen molar-refractivity contribution < 1.29 is 4.79 Å². The van der Waals surface area contributed by atoms with Crippen molar-refractivity contribution in [1.82, 2.24) is 9.80 Å². The first-order valence-corrected chi connectivity index (χ1v) is 8.18. The minimum atomic E-state index is 0.145. The quantitative estimate of drug-likeness (QED) is 0.835. The summed E-state index contributed by atoms with van der Waals surface area (Å²) in [5, 5.41) is 0. The van der Waals surface area contributed by atoms with E-state index in [0.717, 1.165) is 39.0 Å². The van der Waals surface area contributed by atoms with E-state index < -0.39 is 0 Å². The Hall–Kier alpha value is -0.610. The fourth-order valence-corrected chi connectivity index (χ4v) is 3.72. The van der Waals surface area contributed by atoms with Gasteiger partial charge in [0.2, 0.25) is 5.91 Å². The highest BCUT2D eigenvalue weighted by Crippen LogP contribution is 2.34. The molecule has 116 valence electrons. The van der Waals surface area contributed by atoms with Crippen molar-refractivity contribution in [1.29, 1.82) is 0 Å². The maximum atomic E-state index is 12.7. The number of nitrogens with two attached hydrogens (primary N) is 1. The van der Waals surface area contributed by atoms with Crippen LogP contribution in [0.25, 0.3) is 0 Å². The summed E-state index contributed by atoms with van der Waals surface area (Å²) in [5.74, 6) is 1.52. The van der Waals surface area contributed by atoms with E-state index in [1.807, 2.05) is 0 Å². The zero-order chi connectivity index (χ0) is 14.9. The molecule has 1 saturated heterocycles. The van der Waals surface area contributed by atoms with Crippen molar-refractivity contribution in [2.45, 2.75) is 52.6 Å². The smallest absolute Gasteiger partial charge is 0.226 e. The van der Waals surface area contributed by atoms with Crippen LogP contribution in [0.5, 0.6) is 0 Å². The van der Waals surface area contributed by atoms with E-state index in [1.165, 1.54) is 0 Å². The van der Waals surface area contributed by atoms with E-state index in [2.05, 4.69) is 37.5 Å². The summed E-state index contributed by atoms with van der Waals surface area (Å²) < 4.78 is 0. The maximum absolute atomic E-state index is 12.7. The van der Waals surface area contributed by atoms with Crippen molar-refractivity contribution in [3.63, 3.8) is 0 Å². The van der Waals surface area contributed by atoms with Crippen molar-refractivity contribution >= 4 is 5.91 Å². The standard InChI is InChI=1S/C16H31N3O/c1-11(2)18-5-7-19(8-6-18)16(20)14-10-15(17)13(4)9-12(14)3/h11-15H,5-10,17H2,1-4H3. The second-order valence-electron chi connectivity index (χ2n) is 7.15. The van der Waals surface area contributed by atoms with Gasteiger partial charge in [0.15, 0.2) is 0 Å². The molecule has 20 heavy (non-hydrogen) atoms. The molecule has 4 unspecified atom stereocenters. The van der Waals surface area contributed by atoms with Crippen LogP contribution < -0.4 is 5.73 Å². The van der Waals surface area contributed by atoms with Gasteiger partial charge in [-0.3, -0.25) is 9.69 Å². The lowest BCUT2D eigenvalue weighted by Crippen LogP contribution is -2.54.